The van der Waals surface area contributed by atoms with Gasteiger partial charge in [0.25, 0.3) is 27.8 Å². The molecule has 12 heterocycles. The van der Waals surface area contributed by atoms with Gasteiger partial charge in [0.15, 0.2) is 0 Å². The second-order valence-corrected chi connectivity index (χ2v) is 48.9. The van der Waals surface area contributed by atoms with E-state index < -0.39 is 16.1 Å². The van der Waals surface area contributed by atoms with E-state index >= 15 is 0 Å². The van der Waals surface area contributed by atoms with Crippen molar-refractivity contribution < 1.29 is 0 Å². The molecule has 5 aromatic carbocycles. The van der Waals surface area contributed by atoms with Gasteiger partial charge in [-0.15, -0.1) is 23.9 Å². The zero-order valence-electron chi connectivity index (χ0n) is 71.3. The summed E-state index contributed by atoms with van der Waals surface area (Å²) in [5, 5.41) is 21.2. The maximum Gasteiger partial charge on any atom is 0.261 e. The van der Waals surface area contributed by atoms with Gasteiger partial charge in [-0.3, -0.25) is 46.8 Å². The number of hydrogen-bond donors (Lipinski definition) is 0. The Morgan fingerprint density at radius 2 is 0.683 bits per heavy atom. The molecule has 0 amide bonds. The van der Waals surface area contributed by atoms with Crippen molar-refractivity contribution in [2.45, 2.75) is 205 Å². The van der Waals surface area contributed by atoms with Crippen molar-refractivity contribution in [1.29, 1.82) is 10.5 Å². The lowest BCUT2D eigenvalue weighted by molar-refractivity contribution is 0.261. The van der Waals surface area contributed by atoms with Crippen LogP contribution in [-0.4, -0.2) is 73.9 Å². The number of nitrogens with zero attached hydrogens (tertiary/aromatic N) is 14. The second-order valence-electron chi connectivity index (χ2n) is 37.2. The number of terminal acetylenes is 2. The van der Waals surface area contributed by atoms with Crippen LogP contribution in [0, 0.1) is 97.4 Å². The number of pyridine rings is 2. The lowest BCUT2D eigenvalue weighted by atomic mass is 9.83. The van der Waals surface area contributed by atoms with Gasteiger partial charge in [0, 0.05) is 91.0 Å². The number of hydrogen-bond acceptors (Lipinski definition) is 14. The van der Waals surface area contributed by atoms with Crippen molar-refractivity contribution in [3.05, 3.63) is 256 Å². The Balaban J connectivity index is 0.000000141. The molecule has 614 valence electrons. The molecule has 120 heavy (non-hydrogen) atoms. The number of halogens is 3. The first-order valence-electron chi connectivity index (χ1n) is 40.3. The molecule has 7 aromatic heterocycles. The van der Waals surface area contributed by atoms with E-state index in [1.807, 2.05) is 85.0 Å². The van der Waals surface area contributed by atoms with E-state index in [0.29, 0.717) is 76.7 Å². The highest BCUT2D eigenvalue weighted by molar-refractivity contribution is 9.10. The summed E-state index contributed by atoms with van der Waals surface area (Å²) < 4.78 is 10.8. The van der Waals surface area contributed by atoms with E-state index in [-0.39, 0.29) is 54.9 Å². The van der Waals surface area contributed by atoms with Crippen molar-refractivity contribution in [1.82, 2.24) is 57.7 Å². The van der Waals surface area contributed by atoms with Crippen LogP contribution in [0.15, 0.2) is 160 Å². The highest BCUT2D eigenvalue weighted by atomic mass is 79.9. The number of nitriles is 2. The normalized spacial score (nSPS) is 15.6. The van der Waals surface area contributed by atoms with Gasteiger partial charge in [-0.25, -0.2) is 34.9 Å². The van der Waals surface area contributed by atoms with Crippen LogP contribution in [0.2, 0.25) is 44.3 Å². The Morgan fingerprint density at radius 1 is 0.375 bits per heavy atom. The van der Waals surface area contributed by atoms with E-state index in [4.69, 9.17) is 44.9 Å². The Morgan fingerprint density at radius 3 is 1.02 bits per heavy atom. The molecule has 0 N–H and O–H groups in total. The molecule has 0 radical (unpaired) electrons. The summed E-state index contributed by atoms with van der Waals surface area (Å²) in [4.78, 5) is 94.2. The quantitative estimate of drug-likeness (QED) is 0.0778. The fraction of sp³-hybridized carbons (Fsp3) is 0.375. The third kappa shape index (κ3) is 22.9. The van der Waals surface area contributed by atoms with Gasteiger partial charge in [-0.05, 0) is 196 Å². The molecule has 12 aromatic rings. The van der Waals surface area contributed by atoms with Crippen LogP contribution in [0.3, 0.4) is 0 Å². The summed E-state index contributed by atoms with van der Waals surface area (Å²) in [5.41, 5.74) is 14.9. The third-order valence-corrected chi connectivity index (χ3v) is 24.5. The number of benzene rings is 5. The van der Waals surface area contributed by atoms with Crippen molar-refractivity contribution in [3.63, 3.8) is 0 Å². The molecule has 5 aliphatic heterocycles. The van der Waals surface area contributed by atoms with Crippen molar-refractivity contribution >= 4 is 114 Å². The highest BCUT2D eigenvalue weighted by Crippen LogP contribution is 2.36. The molecule has 0 saturated carbocycles. The zero-order chi connectivity index (χ0) is 87.2. The molecule has 24 heteroatoms. The SMILES string of the molecule is C#C[Si](C)(C)C.C#Cc1ccc2c(=O)n3c(nc2c1)CC(C)(C)CC3.CC1(C)CCn2c(nc3cc(Br)ccc3c2=O)C1.CC1(C)CCn2c(nc3cc(C#C[Si](C)(C)C)ccc3c2=O)C1.CC1(C)CCn2c(nc3cc(C#Cc4cccc(C#N)n4)ccc3c2=O)C1.CC1(C)CCn2c(nc3cc(Cl)ccc3c2=O)C1.N#Cc1cccc(Br)n1. The van der Waals surface area contributed by atoms with E-state index in [9.17, 15) is 24.0 Å². The lowest BCUT2D eigenvalue weighted by Crippen LogP contribution is -2.35. The van der Waals surface area contributed by atoms with Gasteiger partial charge in [0.1, 0.15) is 79.1 Å². The standard InChI is InChI=1S/C22H18N4O.C19H24N2OSi.C16H16N2O.C14H15BrN2O.C14H15ClN2O.C6H3BrN2.C5H10Si/c1-22(2)10-11-26-20(13-22)25-19-12-15(7-9-18(19)21(26)27)6-8-16-4-3-5-17(14-23)24-16;1-19(2)9-10-21-17(13-19)20-16-12-14(8-11-23(3,4)5)6-7-15(16)18(21)22;1-4-11-5-6-12-13(9-11)17-14-10-16(2,3)7-8-18(14)15(12)19;2*1-14(2)5-6-17-12(8-14)16-11-7-9(15)3-4-10(11)13(17)18;7-6-3-1-2-5(4-8)9-6;1-5-6(2,3)4/h3-5,7,9,12H,10-11,13H2,1-2H3;6-7,12H,9-10,13H2,1-5H3;1,5-6,9H,7-8,10H2,2-3H3;2*3-4,7H,5-6,8H2,1-2H3;1-3H;1H,2-4H3. The molecule has 17 rings (SSSR count). The maximum absolute atomic E-state index is 12.8. The minimum Gasteiger partial charge on any atom is -0.296 e. The Labute approximate surface area is 725 Å². The van der Waals surface area contributed by atoms with Crippen LogP contribution in [0.4, 0.5) is 0 Å². The van der Waals surface area contributed by atoms with E-state index in [0.717, 1.165) is 152 Å². The monoisotopic (exact) mass is 1780 g/mol. The fourth-order valence-electron chi connectivity index (χ4n) is 14.4. The molecule has 0 bridgehead atoms. The maximum atomic E-state index is 12.8. The van der Waals surface area contributed by atoms with E-state index in [1.165, 1.54) is 0 Å². The largest absolute Gasteiger partial charge is 0.296 e. The number of fused-ring (bicyclic) bond motifs is 10. The van der Waals surface area contributed by atoms with Gasteiger partial charge in [-0.2, -0.15) is 10.5 Å². The first-order valence-corrected chi connectivity index (χ1v) is 49.3. The van der Waals surface area contributed by atoms with Crippen molar-refractivity contribution in [2.24, 2.45) is 27.1 Å². The molecule has 0 unspecified atom stereocenters. The molecule has 19 nitrogen and oxygen atoms in total. The van der Waals surface area contributed by atoms with Gasteiger partial charge in [-0.1, -0.05) is 166 Å². The number of rotatable bonds is 0. The van der Waals surface area contributed by atoms with Crippen molar-refractivity contribution in [3.8, 4) is 59.8 Å². The fourth-order valence-corrected chi connectivity index (χ4v) is 15.8. The Bertz CT molecular complexity index is 6570. The summed E-state index contributed by atoms with van der Waals surface area (Å²) in [6, 6.07) is 41.9. The summed E-state index contributed by atoms with van der Waals surface area (Å²) in [7, 11) is -2.51. The minimum atomic E-state index is -1.41. The number of aromatic nitrogens is 12. The summed E-state index contributed by atoms with van der Waals surface area (Å²) in [6.45, 7) is 39.1. The Hall–Kier alpha value is -11.0. The predicted molar refractivity (Wildman–Crippen MR) is 495 cm³/mol. The van der Waals surface area contributed by atoms with Gasteiger partial charge >= 0.3 is 0 Å². The van der Waals surface area contributed by atoms with Crippen molar-refractivity contribution in [2.75, 3.05) is 0 Å². The summed E-state index contributed by atoms with van der Waals surface area (Å²) >= 11 is 12.5. The summed E-state index contributed by atoms with van der Waals surface area (Å²) in [5.74, 6) is 16.3. The molecule has 0 fully saturated rings. The first kappa shape index (κ1) is 89.8. The molecule has 5 aliphatic rings. The average Bonchev–Trinajstić information content (AvgIpc) is 0.789. The average molecular weight is 1780 g/mol. The van der Waals surface area contributed by atoms with Crippen LogP contribution in [0.5, 0.6) is 0 Å². The van der Waals surface area contributed by atoms with Crippen LogP contribution < -0.4 is 27.8 Å². The van der Waals surface area contributed by atoms with Crippen LogP contribution in [0.25, 0.3) is 54.5 Å². The van der Waals surface area contributed by atoms with E-state index in [1.54, 1.807) is 77.4 Å². The molecule has 0 aliphatic carbocycles. The van der Waals surface area contributed by atoms with Crippen LogP contribution >= 0.6 is 43.5 Å². The second kappa shape index (κ2) is 36.5. The Kier molecular flexibility index (Phi) is 27.3. The molecular weight excluding hydrogens is 1680 g/mol. The lowest BCUT2D eigenvalue weighted by Gasteiger charge is -2.31. The first-order chi connectivity index (χ1) is 56.4. The zero-order valence-corrected chi connectivity index (χ0v) is 77.2. The predicted octanol–water partition coefficient (Wildman–Crippen LogP) is 18.3. The van der Waals surface area contributed by atoms with Gasteiger partial charge in [0.05, 0.1) is 54.5 Å². The topological polar surface area (TPSA) is 248 Å². The molecule has 0 atom stereocenters. The van der Waals surface area contributed by atoms with Crippen LogP contribution in [-0.2, 0) is 64.8 Å². The molecular formula is C96H101Br2ClN14O5Si2. The third-order valence-electron chi connectivity index (χ3n) is 21.5. The van der Waals surface area contributed by atoms with Gasteiger partial charge < -0.3 is 0 Å². The molecule has 0 spiro atoms. The minimum absolute atomic E-state index is 0.0217. The smallest absolute Gasteiger partial charge is 0.261 e. The van der Waals surface area contributed by atoms with E-state index in [2.05, 4.69) is 200 Å². The highest BCUT2D eigenvalue weighted by Gasteiger charge is 2.33. The van der Waals surface area contributed by atoms with Gasteiger partial charge in [0.2, 0.25) is 0 Å². The summed E-state index contributed by atoms with van der Waals surface area (Å²) in [6.07, 6.45) is 19.7. The van der Waals surface area contributed by atoms with Crippen LogP contribution in [0.1, 0.15) is 164 Å². The molecule has 0 saturated heterocycles.